The van der Waals surface area contributed by atoms with E-state index in [0.717, 1.165) is 17.0 Å². The zero-order valence-electron chi connectivity index (χ0n) is 15.6. The quantitative estimate of drug-likeness (QED) is 0.828. The average molecular weight is 372 g/mol. The Hall–Kier alpha value is -2.21. The number of carbonyl (C=O) groups is 2. The minimum absolute atomic E-state index is 0.0447. The largest absolute Gasteiger partial charge is 0.341 e. The first kappa shape index (κ1) is 18.6. The van der Waals surface area contributed by atoms with E-state index in [1.807, 2.05) is 10.3 Å². The van der Waals surface area contributed by atoms with Crippen LogP contribution in [0.5, 0.6) is 0 Å². The number of thiazole rings is 1. The first-order chi connectivity index (χ1) is 12.5. The molecule has 2 aromatic rings. The van der Waals surface area contributed by atoms with Gasteiger partial charge in [-0.05, 0) is 17.9 Å². The molecule has 2 heterocycles. The number of amides is 2. The van der Waals surface area contributed by atoms with Crippen molar-refractivity contribution in [2.24, 2.45) is 0 Å². The molecule has 0 unspecified atom stereocenters. The normalized spacial score (nSPS) is 15.2. The van der Waals surface area contributed by atoms with Crippen LogP contribution in [0.15, 0.2) is 29.6 Å². The maximum absolute atomic E-state index is 12.8. The lowest BCUT2D eigenvalue weighted by molar-refractivity contribution is -0.128. The number of hydrogen-bond donors (Lipinski definition) is 0. The van der Waals surface area contributed by atoms with Crippen molar-refractivity contribution in [3.63, 3.8) is 0 Å². The van der Waals surface area contributed by atoms with Gasteiger partial charge >= 0.3 is 0 Å². The Bertz CT molecular complexity index is 783. The lowest BCUT2D eigenvalue weighted by atomic mass is 10.0. The molecule has 1 fully saturated rings. The number of nitrogens with zero attached hydrogens (tertiary/aromatic N) is 3. The highest BCUT2D eigenvalue weighted by Crippen LogP contribution is 2.26. The Morgan fingerprint density at radius 3 is 2.35 bits per heavy atom. The molecular weight excluding hydrogens is 346 g/mol. The van der Waals surface area contributed by atoms with Crippen LogP contribution in [0, 0.1) is 0 Å². The third kappa shape index (κ3) is 4.12. The Morgan fingerprint density at radius 2 is 1.69 bits per heavy atom. The van der Waals surface area contributed by atoms with Gasteiger partial charge in [0, 0.05) is 44.0 Å². The van der Waals surface area contributed by atoms with Crippen molar-refractivity contribution in [2.45, 2.75) is 33.1 Å². The Kier molecular flexibility index (Phi) is 5.71. The molecule has 1 saturated heterocycles. The van der Waals surface area contributed by atoms with Gasteiger partial charge in [0.2, 0.25) is 5.91 Å². The molecule has 0 atom stereocenters. The van der Waals surface area contributed by atoms with Gasteiger partial charge < -0.3 is 9.80 Å². The molecule has 0 N–H and O–H groups in total. The zero-order chi connectivity index (χ0) is 18.7. The van der Waals surface area contributed by atoms with Crippen LogP contribution < -0.4 is 0 Å². The topological polar surface area (TPSA) is 53.5 Å². The summed E-state index contributed by atoms with van der Waals surface area (Å²) in [5.74, 6) is 0.520. The summed E-state index contributed by atoms with van der Waals surface area (Å²) in [5, 5.41) is 2.70. The summed E-state index contributed by atoms with van der Waals surface area (Å²) in [6.45, 7) is 8.45. The zero-order valence-corrected chi connectivity index (χ0v) is 16.4. The summed E-state index contributed by atoms with van der Waals surface area (Å²) < 4.78 is 0. The molecule has 0 spiro atoms. The maximum Gasteiger partial charge on any atom is 0.273 e. The second-order valence-corrected chi connectivity index (χ2v) is 7.82. The van der Waals surface area contributed by atoms with Gasteiger partial charge in [0.15, 0.2) is 0 Å². The van der Waals surface area contributed by atoms with Crippen LogP contribution >= 0.6 is 11.3 Å². The van der Waals surface area contributed by atoms with Crippen molar-refractivity contribution in [2.75, 3.05) is 26.2 Å². The van der Waals surface area contributed by atoms with Crippen LogP contribution in [0.4, 0.5) is 0 Å². The third-order valence-electron chi connectivity index (χ3n) is 4.78. The number of benzene rings is 1. The third-order valence-corrected chi connectivity index (χ3v) is 5.67. The van der Waals surface area contributed by atoms with Gasteiger partial charge in [0.1, 0.15) is 10.7 Å². The molecule has 0 bridgehead atoms. The van der Waals surface area contributed by atoms with E-state index in [1.165, 1.54) is 16.9 Å². The van der Waals surface area contributed by atoms with E-state index >= 15 is 0 Å². The average Bonchev–Trinajstić information content (AvgIpc) is 2.98. The smallest absolute Gasteiger partial charge is 0.273 e. The number of hydrogen-bond acceptors (Lipinski definition) is 4. The van der Waals surface area contributed by atoms with E-state index in [2.05, 4.69) is 43.1 Å². The molecule has 1 aliphatic rings. The second-order valence-electron chi connectivity index (χ2n) is 6.97. The predicted octanol–water partition coefficient (Wildman–Crippen LogP) is 3.63. The minimum atomic E-state index is -0.0447. The van der Waals surface area contributed by atoms with Crippen LogP contribution in [-0.2, 0) is 4.79 Å². The molecule has 0 aliphatic carbocycles. The first-order valence-electron chi connectivity index (χ1n) is 9.06. The Morgan fingerprint density at radius 1 is 1.04 bits per heavy atom. The number of rotatable bonds is 3. The second kappa shape index (κ2) is 7.99. The van der Waals surface area contributed by atoms with Crippen LogP contribution in [0.3, 0.4) is 0 Å². The molecule has 0 radical (unpaired) electrons. The van der Waals surface area contributed by atoms with E-state index in [-0.39, 0.29) is 11.8 Å². The number of carbonyl (C=O) groups excluding carboxylic acids is 2. The molecule has 6 heteroatoms. The van der Waals surface area contributed by atoms with E-state index in [0.29, 0.717) is 37.8 Å². The highest BCUT2D eigenvalue weighted by Gasteiger charge is 2.23. The van der Waals surface area contributed by atoms with Crippen LogP contribution in [0.25, 0.3) is 10.6 Å². The monoisotopic (exact) mass is 371 g/mol. The van der Waals surface area contributed by atoms with E-state index in [9.17, 15) is 9.59 Å². The Balaban J connectivity index is 1.70. The fraction of sp³-hybridized carbons (Fsp3) is 0.450. The summed E-state index contributed by atoms with van der Waals surface area (Å²) in [6, 6.07) is 8.38. The molecule has 3 rings (SSSR count). The van der Waals surface area contributed by atoms with Crippen molar-refractivity contribution in [3.05, 3.63) is 40.9 Å². The lowest BCUT2D eigenvalue weighted by Crippen LogP contribution is -2.36. The van der Waals surface area contributed by atoms with Gasteiger partial charge in [-0.3, -0.25) is 9.59 Å². The van der Waals surface area contributed by atoms with Gasteiger partial charge in [-0.2, -0.15) is 0 Å². The molecule has 0 saturated carbocycles. The molecule has 1 aromatic carbocycles. The van der Waals surface area contributed by atoms with Crippen LogP contribution in [-0.4, -0.2) is 52.8 Å². The van der Waals surface area contributed by atoms with Crippen molar-refractivity contribution in [3.8, 4) is 10.6 Å². The van der Waals surface area contributed by atoms with E-state index in [1.54, 1.807) is 11.8 Å². The van der Waals surface area contributed by atoms with E-state index in [4.69, 9.17) is 0 Å². The first-order valence-corrected chi connectivity index (χ1v) is 9.94. The summed E-state index contributed by atoms with van der Waals surface area (Å²) in [5.41, 5.74) is 2.83. The molecule has 2 amide bonds. The summed E-state index contributed by atoms with van der Waals surface area (Å²) in [7, 11) is 0. The fourth-order valence-corrected chi connectivity index (χ4v) is 3.91. The molecule has 1 aromatic heterocycles. The molecular formula is C20H25N3O2S. The SMILES string of the molecule is CC(=O)N1CCCN(C(=O)c2csc(-c3ccc(C(C)C)cc3)n2)CC1. The molecule has 26 heavy (non-hydrogen) atoms. The molecule has 138 valence electrons. The van der Waals surface area contributed by atoms with Crippen molar-refractivity contribution < 1.29 is 9.59 Å². The highest BCUT2D eigenvalue weighted by atomic mass is 32.1. The van der Waals surface area contributed by atoms with Crippen molar-refractivity contribution in [1.29, 1.82) is 0 Å². The standard InChI is InChI=1S/C20H25N3O2S/c1-14(2)16-5-7-17(8-6-16)19-21-18(13-26-19)20(25)23-10-4-9-22(11-12-23)15(3)24/h5-8,13-14H,4,9-12H2,1-3H3. The summed E-state index contributed by atoms with van der Waals surface area (Å²) in [4.78, 5) is 32.5. The van der Waals surface area contributed by atoms with Gasteiger partial charge in [-0.1, -0.05) is 38.1 Å². The highest BCUT2D eigenvalue weighted by molar-refractivity contribution is 7.13. The predicted molar refractivity (Wildman–Crippen MR) is 104 cm³/mol. The number of aromatic nitrogens is 1. The van der Waals surface area contributed by atoms with Gasteiger partial charge in [-0.15, -0.1) is 11.3 Å². The summed E-state index contributed by atoms with van der Waals surface area (Å²) in [6.07, 6.45) is 0.805. The van der Waals surface area contributed by atoms with Crippen molar-refractivity contribution in [1.82, 2.24) is 14.8 Å². The molecule has 5 nitrogen and oxygen atoms in total. The van der Waals surface area contributed by atoms with Gasteiger partial charge in [0.25, 0.3) is 5.91 Å². The minimum Gasteiger partial charge on any atom is -0.341 e. The fourth-order valence-electron chi connectivity index (χ4n) is 3.11. The van der Waals surface area contributed by atoms with Crippen LogP contribution in [0.2, 0.25) is 0 Å². The van der Waals surface area contributed by atoms with Gasteiger partial charge in [0.05, 0.1) is 0 Å². The van der Waals surface area contributed by atoms with E-state index < -0.39 is 0 Å². The summed E-state index contributed by atoms with van der Waals surface area (Å²) >= 11 is 1.50. The molecule has 1 aliphatic heterocycles. The van der Waals surface area contributed by atoms with Gasteiger partial charge in [-0.25, -0.2) is 4.98 Å². The van der Waals surface area contributed by atoms with Crippen LogP contribution in [0.1, 0.15) is 49.2 Å². The Labute approximate surface area is 158 Å². The maximum atomic E-state index is 12.8. The lowest BCUT2D eigenvalue weighted by Gasteiger charge is -2.20. The van der Waals surface area contributed by atoms with Crippen molar-refractivity contribution >= 4 is 23.2 Å².